The van der Waals surface area contributed by atoms with Gasteiger partial charge in [0.15, 0.2) is 5.76 Å². The van der Waals surface area contributed by atoms with Gasteiger partial charge in [0, 0.05) is 56.3 Å². The van der Waals surface area contributed by atoms with E-state index in [1.807, 2.05) is 43.3 Å². The Balaban J connectivity index is 1.23. The van der Waals surface area contributed by atoms with Crippen LogP contribution in [0.4, 0.5) is 5.69 Å². The molecule has 1 aliphatic rings. The molecule has 0 atom stereocenters. The molecule has 2 heterocycles. The number of nitrogens with zero attached hydrogens (tertiary/aromatic N) is 3. The molecule has 6 heteroatoms. The third-order valence-electron chi connectivity index (χ3n) is 5.24. The summed E-state index contributed by atoms with van der Waals surface area (Å²) in [6, 6.07) is 16.1. The Morgan fingerprint density at radius 3 is 2.61 bits per heavy atom. The molecule has 0 spiro atoms. The maximum atomic E-state index is 12.4. The van der Waals surface area contributed by atoms with Crippen LogP contribution in [0.5, 0.6) is 0 Å². The summed E-state index contributed by atoms with van der Waals surface area (Å²) in [5, 5.41) is 9.23. The molecule has 0 bridgehead atoms. The van der Waals surface area contributed by atoms with Crippen LogP contribution in [0.3, 0.4) is 0 Å². The van der Waals surface area contributed by atoms with Crippen LogP contribution >= 0.6 is 0 Å². The second-order valence-corrected chi connectivity index (χ2v) is 7.38. The van der Waals surface area contributed by atoms with Gasteiger partial charge in [-0.1, -0.05) is 41.6 Å². The Bertz CT molecular complexity index is 939. The molecule has 4 rings (SSSR count). The van der Waals surface area contributed by atoms with Gasteiger partial charge >= 0.3 is 0 Å². The first-order valence-corrected chi connectivity index (χ1v) is 9.82. The minimum Gasteiger partial charge on any atom is -0.360 e. The molecule has 28 heavy (non-hydrogen) atoms. The Kier molecular flexibility index (Phi) is 5.69. The summed E-state index contributed by atoms with van der Waals surface area (Å²) in [5.41, 5.74) is 1.81. The lowest BCUT2D eigenvalue weighted by atomic mass is 10.1. The number of piperazine rings is 1. The normalized spacial score (nSPS) is 15.8. The number of amides is 1. The monoisotopic (exact) mass is 378 g/mol. The van der Waals surface area contributed by atoms with Crippen molar-refractivity contribution < 1.29 is 9.32 Å². The van der Waals surface area contributed by atoms with Crippen molar-refractivity contribution in [3.63, 3.8) is 0 Å². The van der Waals surface area contributed by atoms with Gasteiger partial charge in [0.25, 0.3) is 0 Å². The van der Waals surface area contributed by atoms with Crippen LogP contribution in [0.15, 0.2) is 53.1 Å². The highest BCUT2D eigenvalue weighted by Crippen LogP contribution is 2.23. The number of hydrogen-bond donors (Lipinski definition) is 1. The van der Waals surface area contributed by atoms with E-state index in [4.69, 9.17) is 4.52 Å². The van der Waals surface area contributed by atoms with Crippen LogP contribution in [0.2, 0.25) is 0 Å². The fraction of sp³-hybridized carbons (Fsp3) is 0.364. The predicted octanol–water partition coefficient (Wildman–Crippen LogP) is 3.28. The van der Waals surface area contributed by atoms with Gasteiger partial charge in [0.2, 0.25) is 5.91 Å². The zero-order valence-corrected chi connectivity index (χ0v) is 16.2. The lowest BCUT2D eigenvalue weighted by Gasteiger charge is -2.33. The molecule has 1 saturated heterocycles. The summed E-state index contributed by atoms with van der Waals surface area (Å²) in [5.74, 6) is 0.983. The molecule has 2 aromatic carbocycles. The van der Waals surface area contributed by atoms with Gasteiger partial charge < -0.3 is 14.7 Å². The molecule has 1 fully saturated rings. The number of benzene rings is 2. The Labute approximate surface area is 165 Å². The van der Waals surface area contributed by atoms with Crippen molar-refractivity contribution in [1.82, 2.24) is 15.0 Å². The van der Waals surface area contributed by atoms with Gasteiger partial charge in [-0.15, -0.1) is 0 Å². The van der Waals surface area contributed by atoms with Crippen molar-refractivity contribution in [3.8, 4) is 0 Å². The summed E-state index contributed by atoms with van der Waals surface area (Å²) in [7, 11) is 0. The third kappa shape index (κ3) is 4.58. The average Bonchev–Trinajstić information content (AvgIpc) is 3.12. The lowest BCUT2D eigenvalue weighted by molar-refractivity contribution is -0.116. The van der Waals surface area contributed by atoms with E-state index in [0.29, 0.717) is 6.42 Å². The van der Waals surface area contributed by atoms with Crippen LogP contribution < -0.4 is 5.32 Å². The van der Waals surface area contributed by atoms with Gasteiger partial charge in [-0.25, -0.2) is 0 Å². The van der Waals surface area contributed by atoms with Crippen molar-refractivity contribution in [1.29, 1.82) is 0 Å². The second-order valence-electron chi connectivity index (χ2n) is 7.38. The molecule has 0 unspecified atom stereocenters. The van der Waals surface area contributed by atoms with E-state index < -0.39 is 0 Å². The quantitative estimate of drug-likeness (QED) is 0.713. The fourth-order valence-corrected chi connectivity index (χ4v) is 3.69. The smallest absolute Gasteiger partial charge is 0.225 e. The molecular weight excluding hydrogens is 352 g/mol. The van der Waals surface area contributed by atoms with Gasteiger partial charge in [0.1, 0.15) is 0 Å². The number of aromatic nitrogens is 1. The van der Waals surface area contributed by atoms with Gasteiger partial charge in [0.05, 0.1) is 12.2 Å². The average molecular weight is 378 g/mol. The first-order valence-electron chi connectivity index (χ1n) is 9.82. The number of aryl methyl sites for hydroxylation is 1. The van der Waals surface area contributed by atoms with E-state index in [1.165, 1.54) is 0 Å². The summed E-state index contributed by atoms with van der Waals surface area (Å²) in [6.07, 6.45) is 0.504. The highest BCUT2D eigenvalue weighted by atomic mass is 16.5. The zero-order valence-electron chi connectivity index (χ0n) is 16.2. The maximum Gasteiger partial charge on any atom is 0.225 e. The molecule has 1 amide bonds. The Morgan fingerprint density at radius 1 is 1.07 bits per heavy atom. The molecule has 0 aliphatic carbocycles. The number of carbonyl (C=O) groups is 1. The molecule has 6 nitrogen and oxygen atoms in total. The highest BCUT2D eigenvalue weighted by Gasteiger charge is 2.19. The summed E-state index contributed by atoms with van der Waals surface area (Å²) in [4.78, 5) is 17.2. The van der Waals surface area contributed by atoms with Crippen LogP contribution in [0, 0.1) is 6.92 Å². The SMILES string of the molecule is Cc1cc(CN2CCN(CCC(=O)Nc3cccc4ccccc34)CC2)on1. The van der Waals surface area contributed by atoms with Crippen molar-refractivity contribution in [2.45, 2.75) is 19.9 Å². The zero-order chi connectivity index (χ0) is 19.3. The fourth-order valence-electron chi connectivity index (χ4n) is 3.69. The van der Waals surface area contributed by atoms with Crippen molar-refractivity contribution in [3.05, 3.63) is 60.0 Å². The van der Waals surface area contributed by atoms with Crippen LogP contribution in [-0.2, 0) is 11.3 Å². The summed E-state index contributed by atoms with van der Waals surface area (Å²) >= 11 is 0. The standard InChI is InChI=1S/C22H26N4O2/c1-17-15-19(28-24-17)16-26-13-11-25(12-14-26)10-9-22(27)23-21-8-4-6-18-5-2-3-7-20(18)21/h2-8,15H,9-14,16H2,1H3,(H,23,27). The number of carbonyl (C=O) groups excluding carboxylic acids is 1. The molecule has 0 saturated carbocycles. The topological polar surface area (TPSA) is 61.6 Å². The second kappa shape index (κ2) is 8.54. The van der Waals surface area contributed by atoms with E-state index in [1.54, 1.807) is 0 Å². The molecule has 1 N–H and O–H groups in total. The minimum atomic E-state index is 0.0657. The number of rotatable bonds is 6. The van der Waals surface area contributed by atoms with Crippen molar-refractivity contribution in [2.24, 2.45) is 0 Å². The Hall–Kier alpha value is -2.70. The Morgan fingerprint density at radius 2 is 1.82 bits per heavy atom. The van der Waals surface area contributed by atoms with E-state index >= 15 is 0 Å². The number of nitrogens with one attached hydrogen (secondary N) is 1. The largest absolute Gasteiger partial charge is 0.360 e. The number of hydrogen-bond acceptors (Lipinski definition) is 5. The molecule has 0 radical (unpaired) electrons. The lowest BCUT2D eigenvalue weighted by Crippen LogP contribution is -2.46. The number of anilines is 1. The van der Waals surface area contributed by atoms with Gasteiger partial charge in [-0.2, -0.15) is 0 Å². The molecule has 1 aliphatic heterocycles. The third-order valence-corrected chi connectivity index (χ3v) is 5.24. The first kappa shape index (κ1) is 18.7. The molecule has 3 aromatic rings. The molecule has 146 valence electrons. The van der Waals surface area contributed by atoms with Gasteiger partial charge in [-0.05, 0) is 18.4 Å². The molecular formula is C22H26N4O2. The highest BCUT2D eigenvalue weighted by molar-refractivity contribution is 6.02. The van der Waals surface area contributed by atoms with E-state index in [0.717, 1.165) is 67.2 Å². The summed E-state index contributed by atoms with van der Waals surface area (Å²) in [6.45, 7) is 7.41. The maximum absolute atomic E-state index is 12.4. The first-order chi connectivity index (χ1) is 13.7. The van der Waals surface area contributed by atoms with E-state index in [2.05, 4.69) is 32.4 Å². The molecule has 1 aromatic heterocycles. The van der Waals surface area contributed by atoms with E-state index in [-0.39, 0.29) is 5.91 Å². The van der Waals surface area contributed by atoms with Crippen LogP contribution in [0.1, 0.15) is 17.9 Å². The minimum absolute atomic E-state index is 0.0657. The van der Waals surface area contributed by atoms with Gasteiger partial charge in [-0.3, -0.25) is 9.69 Å². The predicted molar refractivity (Wildman–Crippen MR) is 110 cm³/mol. The number of fused-ring (bicyclic) bond motifs is 1. The van der Waals surface area contributed by atoms with E-state index in [9.17, 15) is 4.79 Å². The summed E-state index contributed by atoms with van der Waals surface area (Å²) < 4.78 is 5.30. The van der Waals surface area contributed by atoms with Crippen LogP contribution in [0.25, 0.3) is 10.8 Å². The van der Waals surface area contributed by atoms with Crippen molar-refractivity contribution in [2.75, 3.05) is 38.0 Å². The van der Waals surface area contributed by atoms with Crippen molar-refractivity contribution >= 4 is 22.4 Å². The van der Waals surface area contributed by atoms with Crippen LogP contribution in [-0.4, -0.2) is 53.6 Å².